The quantitative estimate of drug-likeness (QED) is 0.557. The SMILES string of the molecule is CC(C)COC(=O)C1CCC=CC1(C)C(=O)OCC(C)C. The molecule has 0 aromatic carbocycles. The van der Waals surface area contributed by atoms with Gasteiger partial charge in [-0.15, -0.1) is 0 Å². The Bertz CT molecular complexity index is 398. The molecule has 4 nitrogen and oxygen atoms in total. The van der Waals surface area contributed by atoms with E-state index >= 15 is 0 Å². The third-order valence-electron chi connectivity index (χ3n) is 3.64. The van der Waals surface area contributed by atoms with Crippen molar-refractivity contribution in [2.75, 3.05) is 13.2 Å². The molecule has 0 radical (unpaired) electrons. The van der Waals surface area contributed by atoms with Crippen LogP contribution in [0.1, 0.15) is 47.5 Å². The van der Waals surface area contributed by atoms with Crippen LogP contribution >= 0.6 is 0 Å². The first-order valence-corrected chi connectivity index (χ1v) is 7.79. The van der Waals surface area contributed by atoms with Crippen LogP contribution in [0.3, 0.4) is 0 Å². The van der Waals surface area contributed by atoms with Gasteiger partial charge in [-0.3, -0.25) is 9.59 Å². The summed E-state index contributed by atoms with van der Waals surface area (Å²) in [5.74, 6) is -0.527. The Morgan fingerprint density at radius 2 is 1.71 bits per heavy atom. The van der Waals surface area contributed by atoms with E-state index in [9.17, 15) is 9.59 Å². The molecule has 0 spiro atoms. The monoisotopic (exact) mass is 296 g/mol. The van der Waals surface area contributed by atoms with E-state index in [1.807, 2.05) is 33.8 Å². The summed E-state index contributed by atoms with van der Waals surface area (Å²) in [4.78, 5) is 24.7. The fourth-order valence-corrected chi connectivity index (χ4v) is 2.33. The maximum absolute atomic E-state index is 12.4. The van der Waals surface area contributed by atoms with E-state index in [1.54, 1.807) is 13.0 Å². The molecule has 1 aliphatic carbocycles. The van der Waals surface area contributed by atoms with Crippen LogP contribution in [0.15, 0.2) is 12.2 Å². The Balaban J connectivity index is 2.79. The minimum Gasteiger partial charge on any atom is -0.465 e. The molecule has 0 fully saturated rings. The van der Waals surface area contributed by atoms with E-state index in [2.05, 4.69) is 0 Å². The third-order valence-corrected chi connectivity index (χ3v) is 3.64. The van der Waals surface area contributed by atoms with Gasteiger partial charge in [0.15, 0.2) is 0 Å². The van der Waals surface area contributed by atoms with Crippen molar-refractivity contribution in [3.8, 4) is 0 Å². The van der Waals surface area contributed by atoms with Crippen LogP contribution in [-0.2, 0) is 19.1 Å². The Kier molecular flexibility index (Phi) is 6.43. The summed E-state index contributed by atoms with van der Waals surface area (Å²) < 4.78 is 10.7. The molecule has 4 heteroatoms. The molecular formula is C17H28O4. The van der Waals surface area contributed by atoms with Crippen molar-refractivity contribution in [3.05, 3.63) is 12.2 Å². The number of hydrogen-bond donors (Lipinski definition) is 0. The summed E-state index contributed by atoms with van der Waals surface area (Å²) >= 11 is 0. The van der Waals surface area contributed by atoms with Crippen molar-refractivity contribution in [1.82, 2.24) is 0 Å². The van der Waals surface area contributed by atoms with E-state index in [0.29, 0.717) is 19.6 Å². The van der Waals surface area contributed by atoms with Crippen molar-refractivity contribution in [2.24, 2.45) is 23.2 Å². The molecule has 0 amide bonds. The number of ether oxygens (including phenoxy) is 2. The molecule has 2 atom stereocenters. The van der Waals surface area contributed by atoms with Crippen LogP contribution < -0.4 is 0 Å². The summed E-state index contributed by atoms with van der Waals surface area (Å²) in [6, 6.07) is 0. The number of rotatable bonds is 6. The normalized spacial score (nSPS) is 25.2. The second-order valence-electron chi connectivity index (χ2n) is 6.83. The molecule has 120 valence electrons. The number of carbonyl (C=O) groups excluding carboxylic acids is 2. The fourth-order valence-electron chi connectivity index (χ4n) is 2.33. The van der Waals surface area contributed by atoms with E-state index in [4.69, 9.17) is 9.47 Å². The third kappa shape index (κ3) is 4.87. The largest absolute Gasteiger partial charge is 0.465 e. The zero-order valence-electron chi connectivity index (χ0n) is 13.8. The van der Waals surface area contributed by atoms with Crippen molar-refractivity contribution >= 4 is 11.9 Å². The lowest BCUT2D eigenvalue weighted by molar-refractivity contribution is -0.167. The molecular weight excluding hydrogens is 268 g/mol. The van der Waals surface area contributed by atoms with E-state index in [0.717, 1.165) is 6.42 Å². The lowest BCUT2D eigenvalue weighted by atomic mass is 9.71. The topological polar surface area (TPSA) is 52.6 Å². The summed E-state index contributed by atoms with van der Waals surface area (Å²) in [6.45, 7) is 10.5. The van der Waals surface area contributed by atoms with Crippen molar-refractivity contribution in [1.29, 1.82) is 0 Å². The maximum Gasteiger partial charge on any atom is 0.316 e. The van der Waals surface area contributed by atoms with Gasteiger partial charge in [0.1, 0.15) is 0 Å². The zero-order valence-corrected chi connectivity index (χ0v) is 13.8. The van der Waals surface area contributed by atoms with E-state index in [-0.39, 0.29) is 23.8 Å². The lowest BCUT2D eigenvalue weighted by Crippen LogP contribution is -2.42. The first kappa shape index (κ1) is 17.7. The number of allylic oxidation sites excluding steroid dienone is 1. The highest BCUT2D eigenvalue weighted by Crippen LogP contribution is 2.38. The summed E-state index contributed by atoms with van der Waals surface area (Å²) in [7, 11) is 0. The number of hydrogen-bond acceptors (Lipinski definition) is 4. The molecule has 1 aliphatic rings. The van der Waals surface area contributed by atoms with Gasteiger partial charge in [-0.1, -0.05) is 39.8 Å². The first-order valence-electron chi connectivity index (χ1n) is 7.79. The molecule has 0 heterocycles. The highest BCUT2D eigenvalue weighted by Gasteiger charge is 2.46. The molecule has 1 rings (SSSR count). The predicted molar refractivity (Wildman–Crippen MR) is 81.6 cm³/mol. The molecule has 2 unspecified atom stereocenters. The van der Waals surface area contributed by atoms with Crippen LogP contribution in [0.5, 0.6) is 0 Å². The van der Waals surface area contributed by atoms with Gasteiger partial charge in [-0.05, 0) is 31.6 Å². The Labute approximate surface area is 127 Å². The second kappa shape index (κ2) is 7.62. The molecule has 0 aromatic rings. The van der Waals surface area contributed by atoms with Crippen LogP contribution in [0.4, 0.5) is 0 Å². The van der Waals surface area contributed by atoms with Crippen molar-refractivity contribution in [2.45, 2.75) is 47.5 Å². The standard InChI is InChI=1S/C17H28O4/c1-12(2)10-20-15(18)14-8-6-7-9-17(14,5)16(19)21-11-13(3)4/h7,9,12-14H,6,8,10-11H2,1-5H3. The average molecular weight is 296 g/mol. The van der Waals surface area contributed by atoms with Crippen LogP contribution in [0.25, 0.3) is 0 Å². The summed E-state index contributed by atoms with van der Waals surface area (Å²) in [5.41, 5.74) is -0.915. The smallest absolute Gasteiger partial charge is 0.316 e. The molecule has 0 N–H and O–H groups in total. The van der Waals surface area contributed by atoms with Crippen LogP contribution in [-0.4, -0.2) is 25.2 Å². The minimum absolute atomic E-state index is 0.275. The second-order valence-corrected chi connectivity index (χ2v) is 6.83. The van der Waals surface area contributed by atoms with Gasteiger partial charge >= 0.3 is 11.9 Å². The summed E-state index contributed by atoms with van der Waals surface area (Å²) in [5, 5.41) is 0. The first-order chi connectivity index (χ1) is 9.77. The molecule has 0 aromatic heterocycles. The Morgan fingerprint density at radius 1 is 1.14 bits per heavy atom. The maximum atomic E-state index is 12.4. The van der Waals surface area contributed by atoms with Gasteiger partial charge in [0.2, 0.25) is 0 Å². The highest BCUT2D eigenvalue weighted by atomic mass is 16.5. The van der Waals surface area contributed by atoms with Crippen LogP contribution in [0, 0.1) is 23.2 Å². The predicted octanol–water partition coefficient (Wildman–Crippen LogP) is 3.36. The molecule has 0 aliphatic heterocycles. The van der Waals surface area contributed by atoms with Gasteiger partial charge in [0, 0.05) is 0 Å². The molecule has 0 bridgehead atoms. The minimum atomic E-state index is -0.915. The lowest BCUT2D eigenvalue weighted by Gasteiger charge is -2.34. The van der Waals surface area contributed by atoms with Crippen LogP contribution in [0.2, 0.25) is 0 Å². The molecule has 21 heavy (non-hydrogen) atoms. The fraction of sp³-hybridized carbons (Fsp3) is 0.765. The Hall–Kier alpha value is -1.32. The van der Waals surface area contributed by atoms with Gasteiger partial charge < -0.3 is 9.47 Å². The van der Waals surface area contributed by atoms with Gasteiger partial charge in [0.25, 0.3) is 0 Å². The summed E-state index contributed by atoms with van der Waals surface area (Å²) in [6.07, 6.45) is 5.17. The number of esters is 2. The molecule has 0 saturated carbocycles. The van der Waals surface area contributed by atoms with Gasteiger partial charge in [-0.25, -0.2) is 0 Å². The number of carbonyl (C=O) groups is 2. The van der Waals surface area contributed by atoms with Crippen molar-refractivity contribution < 1.29 is 19.1 Å². The van der Waals surface area contributed by atoms with Gasteiger partial charge in [-0.2, -0.15) is 0 Å². The van der Waals surface area contributed by atoms with Gasteiger partial charge in [0.05, 0.1) is 24.5 Å². The zero-order chi connectivity index (χ0) is 16.0. The highest BCUT2D eigenvalue weighted by molar-refractivity contribution is 5.87. The Morgan fingerprint density at radius 3 is 2.29 bits per heavy atom. The van der Waals surface area contributed by atoms with E-state index in [1.165, 1.54) is 0 Å². The average Bonchev–Trinajstić information content (AvgIpc) is 2.42. The van der Waals surface area contributed by atoms with E-state index < -0.39 is 11.3 Å². The molecule has 0 saturated heterocycles. The van der Waals surface area contributed by atoms with Crippen molar-refractivity contribution in [3.63, 3.8) is 0 Å².